The Balaban J connectivity index is 1.27. The Kier molecular flexibility index (Phi) is 4.67. The molecule has 5 saturated carbocycles. The van der Waals surface area contributed by atoms with Gasteiger partial charge in [0.15, 0.2) is 0 Å². The van der Waals surface area contributed by atoms with E-state index in [-0.39, 0.29) is 11.0 Å². The quantitative estimate of drug-likeness (QED) is 0.425. The highest BCUT2D eigenvalue weighted by Gasteiger charge is 2.82. The number of carbonyl (C=O) groups excluding carboxylic acids is 1. The van der Waals surface area contributed by atoms with Crippen LogP contribution in [-0.4, -0.2) is 18.0 Å². The lowest BCUT2D eigenvalue weighted by Gasteiger charge is -2.63. The monoisotopic (exact) mass is 454 g/mol. The van der Waals surface area contributed by atoms with Gasteiger partial charge in [0.05, 0.1) is 12.2 Å². The first-order chi connectivity index (χ1) is 15.4. The standard InChI is InChI=1S/C31H50O2/c1-20(2)29(7)14-10-21(18-33-29)22-11-13-28(6)24-9-8-23-26(3,4)25(32)12-15-30(23)19-31(24,30)17-16-27(22,28)5/h20-24H,8-19H2,1-7H3/t21-,22-,23-,24+,27-,28+,29-,30-,31+/m1/s1. The number of carbonyl (C=O) groups is 1. The van der Waals surface area contributed by atoms with E-state index >= 15 is 0 Å². The van der Waals surface area contributed by atoms with E-state index in [2.05, 4.69) is 48.5 Å². The molecule has 2 heteroatoms. The fourth-order valence-corrected chi connectivity index (χ4v) is 11.7. The smallest absolute Gasteiger partial charge is 0.138 e. The van der Waals surface area contributed by atoms with E-state index < -0.39 is 0 Å². The fraction of sp³-hybridized carbons (Fsp3) is 0.968. The predicted molar refractivity (Wildman–Crippen MR) is 134 cm³/mol. The molecular formula is C31H50O2. The summed E-state index contributed by atoms with van der Waals surface area (Å²) in [6, 6.07) is 0. The summed E-state index contributed by atoms with van der Waals surface area (Å²) >= 11 is 0. The molecule has 0 unspecified atom stereocenters. The van der Waals surface area contributed by atoms with Gasteiger partial charge >= 0.3 is 0 Å². The highest BCUT2D eigenvalue weighted by molar-refractivity contribution is 5.86. The molecule has 0 radical (unpaired) electrons. The molecule has 0 bridgehead atoms. The second kappa shape index (κ2) is 6.68. The van der Waals surface area contributed by atoms with Gasteiger partial charge in [-0.05, 0) is 122 Å². The van der Waals surface area contributed by atoms with Crippen molar-refractivity contribution in [3.05, 3.63) is 0 Å². The van der Waals surface area contributed by atoms with Gasteiger partial charge in [0.1, 0.15) is 5.78 Å². The zero-order valence-corrected chi connectivity index (χ0v) is 22.7. The van der Waals surface area contributed by atoms with Gasteiger partial charge in [0.25, 0.3) is 0 Å². The van der Waals surface area contributed by atoms with Gasteiger partial charge in [-0.1, -0.05) is 41.5 Å². The van der Waals surface area contributed by atoms with E-state index in [0.29, 0.717) is 39.3 Å². The average Bonchev–Trinajstić information content (AvgIpc) is 3.35. The largest absolute Gasteiger partial charge is 0.375 e. The molecule has 0 aromatic carbocycles. The lowest BCUT2D eigenvalue weighted by molar-refractivity contribution is -0.168. The molecule has 9 atom stereocenters. The summed E-state index contributed by atoms with van der Waals surface area (Å²) in [6.07, 6.45) is 14.5. The molecule has 6 aliphatic rings. The van der Waals surface area contributed by atoms with Crippen LogP contribution in [0.5, 0.6) is 0 Å². The van der Waals surface area contributed by atoms with Crippen LogP contribution in [0.4, 0.5) is 0 Å². The maximum Gasteiger partial charge on any atom is 0.138 e. The summed E-state index contributed by atoms with van der Waals surface area (Å²) < 4.78 is 6.61. The second-order valence-corrected chi connectivity index (χ2v) is 15.4. The Hall–Kier alpha value is -0.370. The first-order valence-electron chi connectivity index (χ1n) is 14.5. The molecule has 1 heterocycles. The maximum atomic E-state index is 12.9. The van der Waals surface area contributed by atoms with E-state index in [0.717, 1.165) is 30.8 Å². The highest BCUT2D eigenvalue weighted by atomic mass is 16.5. The molecule has 0 aromatic rings. The fourth-order valence-electron chi connectivity index (χ4n) is 11.7. The summed E-state index contributed by atoms with van der Waals surface area (Å²) in [6.45, 7) is 18.0. The molecule has 2 spiro atoms. The molecule has 6 rings (SSSR count). The summed E-state index contributed by atoms with van der Waals surface area (Å²) in [7, 11) is 0. The van der Waals surface area contributed by atoms with Crippen LogP contribution < -0.4 is 0 Å². The Bertz CT molecular complexity index is 849. The Morgan fingerprint density at radius 1 is 0.788 bits per heavy atom. The zero-order chi connectivity index (χ0) is 23.7. The van der Waals surface area contributed by atoms with Crippen LogP contribution in [0.3, 0.4) is 0 Å². The number of hydrogen-bond acceptors (Lipinski definition) is 2. The molecular weight excluding hydrogens is 404 g/mol. The molecule has 0 N–H and O–H groups in total. The minimum absolute atomic E-state index is 0.0833. The lowest BCUT2D eigenvalue weighted by Crippen LogP contribution is -2.57. The molecule has 0 amide bonds. The summed E-state index contributed by atoms with van der Waals surface area (Å²) in [4.78, 5) is 12.9. The van der Waals surface area contributed by atoms with Crippen molar-refractivity contribution in [2.75, 3.05) is 6.61 Å². The molecule has 33 heavy (non-hydrogen) atoms. The Morgan fingerprint density at radius 2 is 1.48 bits per heavy atom. The summed E-state index contributed by atoms with van der Waals surface area (Å²) in [5, 5.41) is 0. The average molecular weight is 455 g/mol. The van der Waals surface area contributed by atoms with E-state index in [1.165, 1.54) is 64.2 Å². The van der Waals surface area contributed by atoms with Crippen molar-refractivity contribution in [3.8, 4) is 0 Å². The predicted octanol–water partition coefficient (Wildman–Crippen LogP) is 7.84. The molecule has 2 nitrogen and oxygen atoms in total. The Morgan fingerprint density at radius 3 is 2.15 bits per heavy atom. The molecule has 0 aromatic heterocycles. The van der Waals surface area contributed by atoms with Crippen molar-refractivity contribution >= 4 is 5.78 Å². The van der Waals surface area contributed by atoms with Crippen molar-refractivity contribution in [2.24, 2.45) is 56.7 Å². The number of fused-ring (bicyclic) bond motifs is 2. The topological polar surface area (TPSA) is 26.3 Å². The lowest BCUT2D eigenvalue weighted by atomic mass is 9.42. The SMILES string of the molecule is CC(C)[C@@]1(C)CC[C@@H]([C@H]2CC[C@@]3(C)[C@@H]4CC[C@@H]5C(C)(C)C(=O)CC[C@@]56C[C@@]46CC[C@]23C)CO1. The van der Waals surface area contributed by atoms with E-state index in [1.54, 1.807) is 0 Å². The van der Waals surface area contributed by atoms with Gasteiger partial charge in [0, 0.05) is 11.8 Å². The van der Waals surface area contributed by atoms with Crippen LogP contribution in [-0.2, 0) is 9.53 Å². The molecule has 1 aliphatic heterocycles. The normalized spacial score (nSPS) is 57.2. The van der Waals surface area contributed by atoms with Crippen molar-refractivity contribution < 1.29 is 9.53 Å². The Labute approximate surface area is 203 Å². The van der Waals surface area contributed by atoms with Crippen molar-refractivity contribution in [1.82, 2.24) is 0 Å². The number of rotatable bonds is 2. The summed E-state index contributed by atoms with van der Waals surface area (Å²) in [5.41, 5.74) is 2.02. The van der Waals surface area contributed by atoms with Crippen molar-refractivity contribution in [3.63, 3.8) is 0 Å². The maximum absolute atomic E-state index is 12.9. The minimum Gasteiger partial charge on any atom is -0.375 e. The van der Waals surface area contributed by atoms with Gasteiger partial charge in [-0.3, -0.25) is 4.79 Å². The van der Waals surface area contributed by atoms with Gasteiger partial charge in [0.2, 0.25) is 0 Å². The van der Waals surface area contributed by atoms with Crippen LogP contribution in [0.25, 0.3) is 0 Å². The number of ketones is 1. The minimum atomic E-state index is -0.0882. The van der Waals surface area contributed by atoms with E-state index in [4.69, 9.17) is 4.74 Å². The third-order valence-corrected chi connectivity index (χ3v) is 14.3. The van der Waals surface area contributed by atoms with Gasteiger partial charge in [-0.25, -0.2) is 0 Å². The van der Waals surface area contributed by atoms with E-state index in [9.17, 15) is 4.79 Å². The van der Waals surface area contributed by atoms with Crippen LogP contribution in [0.1, 0.15) is 119 Å². The third kappa shape index (κ3) is 2.59. The van der Waals surface area contributed by atoms with E-state index in [1.807, 2.05) is 0 Å². The molecule has 5 aliphatic carbocycles. The van der Waals surface area contributed by atoms with Crippen molar-refractivity contribution in [1.29, 1.82) is 0 Å². The van der Waals surface area contributed by atoms with Gasteiger partial charge in [-0.2, -0.15) is 0 Å². The van der Waals surface area contributed by atoms with Gasteiger partial charge in [-0.15, -0.1) is 0 Å². The molecule has 6 fully saturated rings. The summed E-state index contributed by atoms with van der Waals surface area (Å²) in [5.74, 6) is 4.29. The third-order valence-electron chi connectivity index (χ3n) is 14.3. The first-order valence-corrected chi connectivity index (χ1v) is 14.5. The van der Waals surface area contributed by atoms with Crippen LogP contribution in [0.2, 0.25) is 0 Å². The van der Waals surface area contributed by atoms with Crippen LogP contribution in [0, 0.1) is 56.7 Å². The van der Waals surface area contributed by atoms with Crippen molar-refractivity contribution in [2.45, 2.75) is 125 Å². The second-order valence-electron chi connectivity index (χ2n) is 15.4. The number of ether oxygens (including phenoxy) is 1. The zero-order valence-electron chi connectivity index (χ0n) is 22.7. The number of Topliss-reactive ketones (excluding diaryl/α,β-unsaturated/α-hetero) is 1. The first kappa shape index (κ1) is 23.1. The molecule has 186 valence electrons. The van der Waals surface area contributed by atoms with Crippen LogP contribution >= 0.6 is 0 Å². The van der Waals surface area contributed by atoms with Gasteiger partial charge < -0.3 is 4.74 Å². The molecule has 1 saturated heterocycles. The highest BCUT2D eigenvalue weighted by Crippen LogP contribution is 2.88. The van der Waals surface area contributed by atoms with Crippen LogP contribution in [0.15, 0.2) is 0 Å². The number of hydrogen-bond donors (Lipinski definition) is 0.